The first-order chi connectivity index (χ1) is 12.2. The third-order valence-electron chi connectivity index (χ3n) is 4.45. The van der Waals surface area contributed by atoms with E-state index in [0.717, 1.165) is 5.69 Å². The molecule has 2 atom stereocenters. The second-order valence-electron chi connectivity index (χ2n) is 6.34. The lowest BCUT2D eigenvalue weighted by Crippen LogP contribution is -2.32. The number of carbonyl (C=O) groups excluding carboxylic acids is 1. The van der Waals surface area contributed by atoms with E-state index in [2.05, 4.69) is 4.98 Å². The van der Waals surface area contributed by atoms with Gasteiger partial charge in [-0.25, -0.2) is 0 Å². The van der Waals surface area contributed by atoms with E-state index < -0.39 is 0 Å². The number of hydrogen-bond acceptors (Lipinski definition) is 6. The van der Waals surface area contributed by atoms with Crippen molar-refractivity contribution in [2.45, 2.75) is 25.2 Å². The minimum atomic E-state index is -0.187. The topological polar surface area (TPSA) is 74.0 Å². The highest BCUT2D eigenvalue weighted by Crippen LogP contribution is 2.23. The Labute approximate surface area is 145 Å². The highest BCUT2D eigenvalue weighted by Gasteiger charge is 2.40. The number of ether oxygens (including phenoxy) is 3. The Bertz CT molecular complexity index is 700. The Morgan fingerprint density at radius 2 is 1.96 bits per heavy atom. The zero-order valence-corrected chi connectivity index (χ0v) is 14.0. The van der Waals surface area contributed by atoms with Gasteiger partial charge in [0.1, 0.15) is 30.3 Å². The molecule has 2 aliphatic rings. The predicted octanol–water partition coefficient (Wildman–Crippen LogP) is 1.67. The fourth-order valence-corrected chi connectivity index (χ4v) is 3.09. The fraction of sp³-hybridized carbons (Fsp3) is 0.444. The number of hydrogen-bond donors (Lipinski definition) is 0. The van der Waals surface area contributed by atoms with Crippen LogP contribution in [-0.4, -0.2) is 60.4 Å². The molecule has 2 saturated heterocycles. The molecule has 2 fully saturated rings. The molecule has 0 aromatic carbocycles. The molecule has 0 spiro atoms. The molecule has 2 aliphatic heterocycles. The van der Waals surface area contributed by atoms with Gasteiger partial charge in [-0.05, 0) is 25.1 Å². The quantitative estimate of drug-likeness (QED) is 0.843. The second-order valence-corrected chi connectivity index (χ2v) is 6.34. The van der Waals surface area contributed by atoms with Gasteiger partial charge in [0, 0.05) is 18.8 Å². The summed E-state index contributed by atoms with van der Waals surface area (Å²) < 4.78 is 22.8. The van der Waals surface area contributed by atoms with Crippen LogP contribution < -0.4 is 4.74 Å². The minimum Gasteiger partial charge on any atom is -0.484 e. The van der Waals surface area contributed by atoms with Crippen LogP contribution in [0.1, 0.15) is 16.1 Å². The molecule has 0 aliphatic carbocycles. The van der Waals surface area contributed by atoms with Gasteiger partial charge in [0.15, 0.2) is 0 Å². The molecule has 2 aromatic rings. The molecule has 25 heavy (non-hydrogen) atoms. The van der Waals surface area contributed by atoms with Crippen LogP contribution in [0, 0.1) is 6.92 Å². The molecule has 0 radical (unpaired) electrons. The van der Waals surface area contributed by atoms with Crippen molar-refractivity contribution in [2.24, 2.45) is 0 Å². The molecule has 4 rings (SSSR count). The smallest absolute Gasteiger partial charge is 0.257 e. The molecular weight excluding hydrogens is 324 g/mol. The number of amides is 1. The van der Waals surface area contributed by atoms with Gasteiger partial charge in [-0.1, -0.05) is 0 Å². The van der Waals surface area contributed by atoms with Gasteiger partial charge in [0.25, 0.3) is 5.91 Å². The van der Waals surface area contributed by atoms with E-state index in [9.17, 15) is 4.79 Å². The zero-order valence-electron chi connectivity index (χ0n) is 14.0. The number of nitrogens with zero attached hydrogens (tertiary/aromatic N) is 2. The predicted molar refractivity (Wildman–Crippen MR) is 87.5 cm³/mol. The van der Waals surface area contributed by atoms with Crippen molar-refractivity contribution in [1.29, 1.82) is 0 Å². The van der Waals surface area contributed by atoms with Gasteiger partial charge in [0.2, 0.25) is 0 Å². The average Bonchev–Trinajstić information content (AvgIpc) is 3.25. The van der Waals surface area contributed by atoms with Crippen molar-refractivity contribution in [2.75, 3.05) is 26.3 Å². The second kappa shape index (κ2) is 6.85. The van der Waals surface area contributed by atoms with Crippen LogP contribution in [0.2, 0.25) is 0 Å². The summed E-state index contributed by atoms with van der Waals surface area (Å²) in [6.07, 6.45) is 4.19. The molecule has 7 nitrogen and oxygen atoms in total. The van der Waals surface area contributed by atoms with Crippen molar-refractivity contribution in [1.82, 2.24) is 9.88 Å². The summed E-state index contributed by atoms with van der Waals surface area (Å²) in [4.78, 5) is 18.4. The molecule has 0 saturated carbocycles. The zero-order chi connectivity index (χ0) is 17.2. The Morgan fingerprint density at radius 1 is 1.20 bits per heavy atom. The lowest BCUT2D eigenvalue weighted by atomic mass is 10.3. The van der Waals surface area contributed by atoms with E-state index in [4.69, 9.17) is 18.6 Å². The van der Waals surface area contributed by atoms with Crippen LogP contribution >= 0.6 is 0 Å². The Kier molecular flexibility index (Phi) is 4.42. The van der Waals surface area contributed by atoms with Crippen LogP contribution in [0.3, 0.4) is 0 Å². The first kappa shape index (κ1) is 16.1. The Balaban J connectivity index is 1.34. The number of pyridine rings is 1. The molecule has 0 N–H and O–H groups in total. The van der Waals surface area contributed by atoms with Gasteiger partial charge in [-0.3, -0.25) is 9.78 Å². The van der Waals surface area contributed by atoms with E-state index in [1.165, 1.54) is 12.5 Å². The fourth-order valence-electron chi connectivity index (χ4n) is 3.09. The van der Waals surface area contributed by atoms with Gasteiger partial charge in [0.05, 0.1) is 31.2 Å². The largest absolute Gasteiger partial charge is 0.484 e. The molecule has 2 aromatic heterocycles. The van der Waals surface area contributed by atoms with Gasteiger partial charge in [-0.2, -0.15) is 0 Å². The standard InChI is InChI=1S/C18H20N2O5/c1-12-2-3-14(6-19-12)25-15-10-23-16-7-20(8-17(16)24-11-15)18(21)13-4-5-22-9-13/h2-6,9,15-17H,7-8,10-11H2,1H3/t16-,17-/m0/s1. The molecule has 0 bridgehead atoms. The Morgan fingerprint density at radius 3 is 2.56 bits per heavy atom. The van der Waals surface area contributed by atoms with Crippen LogP contribution in [-0.2, 0) is 9.47 Å². The van der Waals surface area contributed by atoms with Crippen LogP contribution in [0.5, 0.6) is 5.75 Å². The minimum absolute atomic E-state index is 0.0625. The number of aromatic nitrogens is 1. The van der Waals surface area contributed by atoms with E-state index in [0.29, 0.717) is 37.6 Å². The maximum absolute atomic E-state index is 12.4. The maximum Gasteiger partial charge on any atom is 0.257 e. The molecule has 1 amide bonds. The maximum atomic E-state index is 12.4. The summed E-state index contributed by atoms with van der Waals surface area (Å²) in [5.41, 5.74) is 1.49. The van der Waals surface area contributed by atoms with Gasteiger partial charge in [-0.15, -0.1) is 0 Å². The summed E-state index contributed by atoms with van der Waals surface area (Å²) >= 11 is 0. The summed E-state index contributed by atoms with van der Waals surface area (Å²) in [7, 11) is 0. The highest BCUT2D eigenvalue weighted by molar-refractivity contribution is 5.94. The average molecular weight is 344 g/mol. The van der Waals surface area contributed by atoms with E-state index in [1.54, 1.807) is 17.2 Å². The van der Waals surface area contributed by atoms with Crippen molar-refractivity contribution in [3.63, 3.8) is 0 Å². The first-order valence-electron chi connectivity index (χ1n) is 8.33. The summed E-state index contributed by atoms with van der Waals surface area (Å²) in [5.74, 6) is 0.638. The Hall–Kier alpha value is -2.38. The number of fused-ring (bicyclic) bond motifs is 1. The number of rotatable bonds is 3. The number of carbonyl (C=O) groups is 1. The lowest BCUT2D eigenvalue weighted by Gasteiger charge is -2.19. The molecule has 0 unspecified atom stereocenters. The molecular formula is C18H20N2O5. The summed E-state index contributed by atoms with van der Waals surface area (Å²) in [6, 6.07) is 5.46. The third-order valence-corrected chi connectivity index (χ3v) is 4.45. The van der Waals surface area contributed by atoms with E-state index in [-0.39, 0.29) is 24.2 Å². The van der Waals surface area contributed by atoms with Crippen molar-refractivity contribution in [3.8, 4) is 5.75 Å². The molecule has 132 valence electrons. The number of furan rings is 1. The monoisotopic (exact) mass is 344 g/mol. The SMILES string of the molecule is Cc1ccc(OC2CO[C@H]3CN(C(=O)c4ccoc4)C[C@@H]3OC2)cn1. The van der Waals surface area contributed by atoms with Crippen LogP contribution in [0.25, 0.3) is 0 Å². The lowest BCUT2D eigenvalue weighted by molar-refractivity contribution is -0.00461. The van der Waals surface area contributed by atoms with E-state index >= 15 is 0 Å². The van der Waals surface area contributed by atoms with E-state index in [1.807, 2.05) is 19.1 Å². The molecule has 4 heterocycles. The number of aryl methyl sites for hydroxylation is 1. The first-order valence-corrected chi connectivity index (χ1v) is 8.33. The summed E-state index contributed by atoms with van der Waals surface area (Å²) in [5, 5.41) is 0. The molecule has 7 heteroatoms. The van der Waals surface area contributed by atoms with Crippen LogP contribution in [0.4, 0.5) is 0 Å². The van der Waals surface area contributed by atoms with Crippen molar-refractivity contribution in [3.05, 3.63) is 48.2 Å². The normalized spacial score (nSPS) is 24.0. The van der Waals surface area contributed by atoms with Crippen molar-refractivity contribution < 1.29 is 23.4 Å². The number of likely N-dealkylation sites (tertiary alicyclic amines) is 1. The van der Waals surface area contributed by atoms with Crippen LogP contribution in [0.15, 0.2) is 41.3 Å². The van der Waals surface area contributed by atoms with Gasteiger partial charge < -0.3 is 23.5 Å². The van der Waals surface area contributed by atoms with Crippen molar-refractivity contribution >= 4 is 5.91 Å². The highest BCUT2D eigenvalue weighted by atomic mass is 16.6. The third kappa shape index (κ3) is 3.52. The summed E-state index contributed by atoms with van der Waals surface area (Å²) in [6.45, 7) is 3.78. The van der Waals surface area contributed by atoms with Gasteiger partial charge >= 0.3 is 0 Å².